The normalized spacial score (nSPS) is 11.9. The second kappa shape index (κ2) is 7.80. The molecule has 0 amide bonds. The molecule has 1 heterocycles. The molecule has 0 bridgehead atoms. The van der Waals surface area contributed by atoms with Crippen LogP contribution < -0.4 is 10.5 Å². The van der Waals surface area contributed by atoms with Crippen LogP contribution in [0.1, 0.15) is 12.2 Å². The van der Waals surface area contributed by atoms with E-state index in [1.165, 1.54) is 6.07 Å². The third-order valence-electron chi connectivity index (χ3n) is 2.09. The molecule has 1 aromatic heterocycles. The SMILES string of the molecule is NCc1ccc(S(=O)(=O)NCCSCCCO)o1. The molecule has 1 aromatic rings. The van der Waals surface area contributed by atoms with Crippen molar-refractivity contribution < 1.29 is 17.9 Å². The van der Waals surface area contributed by atoms with Crippen molar-refractivity contribution >= 4 is 21.8 Å². The number of nitrogens with one attached hydrogen (secondary N) is 1. The van der Waals surface area contributed by atoms with E-state index >= 15 is 0 Å². The van der Waals surface area contributed by atoms with Crippen LogP contribution in [0.3, 0.4) is 0 Å². The third-order valence-corrected chi connectivity index (χ3v) is 4.49. The molecule has 0 unspecified atom stereocenters. The van der Waals surface area contributed by atoms with E-state index in [4.69, 9.17) is 15.3 Å². The number of hydrogen-bond donors (Lipinski definition) is 3. The van der Waals surface area contributed by atoms with Gasteiger partial charge >= 0.3 is 0 Å². The maximum absolute atomic E-state index is 11.8. The van der Waals surface area contributed by atoms with Crippen molar-refractivity contribution in [3.05, 3.63) is 17.9 Å². The molecule has 0 atom stereocenters. The van der Waals surface area contributed by atoms with Gasteiger partial charge in [-0.15, -0.1) is 0 Å². The van der Waals surface area contributed by atoms with Crippen LogP contribution in [0.4, 0.5) is 0 Å². The summed E-state index contributed by atoms with van der Waals surface area (Å²) in [7, 11) is -3.58. The summed E-state index contributed by atoms with van der Waals surface area (Å²) in [4.78, 5) is 0. The van der Waals surface area contributed by atoms with E-state index in [2.05, 4.69) is 4.72 Å². The van der Waals surface area contributed by atoms with Crippen LogP contribution in [0.15, 0.2) is 21.6 Å². The molecule has 4 N–H and O–H groups in total. The van der Waals surface area contributed by atoms with Crippen LogP contribution in [0, 0.1) is 0 Å². The van der Waals surface area contributed by atoms with Gasteiger partial charge in [-0.25, -0.2) is 13.1 Å². The van der Waals surface area contributed by atoms with Gasteiger partial charge in [0.1, 0.15) is 5.76 Å². The van der Waals surface area contributed by atoms with E-state index in [1.807, 2.05) is 0 Å². The average Bonchev–Trinajstić information content (AvgIpc) is 2.83. The molecule has 0 aliphatic carbocycles. The molecular formula is C10H18N2O4S2. The predicted octanol–water partition coefficient (Wildman–Crippen LogP) is 0.132. The summed E-state index contributed by atoms with van der Waals surface area (Å²) in [5.74, 6) is 1.91. The molecule has 0 aliphatic rings. The molecular weight excluding hydrogens is 276 g/mol. The van der Waals surface area contributed by atoms with Gasteiger partial charge in [0.25, 0.3) is 10.0 Å². The van der Waals surface area contributed by atoms with Crippen LogP contribution in [0.2, 0.25) is 0 Å². The Morgan fingerprint density at radius 3 is 2.78 bits per heavy atom. The first-order chi connectivity index (χ1) is 8.60. The Hall–Kier alpha value is -0.540. The zero-order chi connectivity index (χ0) is 13.4. The molecule has 0 aromatic carbocycles. The Kier molecular flexibility index (Phi) is 6.72. The zero-order valence-corrected chi connectivity index (χ0v) is 11.6. The fraction of sp³-hybridized carbons (Fsp3) is 0.600. The summed E-state index contributed by atoms with van der Waals surface area (Å²) in [6.45, 7) is 0.663. The summed E-state index contributed by atoms with van der Waals surface area (Å²) in [6, 6.07) is 2.94. The van der Waals surface area contributed by atoms with Crippen LogP contribution in [0.5, 0.6) is 0 Å². The lowest BCUT2D eigenvalue weighted by molar-refractivity contribution is 0.296. The van der Waals surface area contributed by atoms with Gasteiger partial charge in [-0.2, -0.15) is 11.8 Å². The minimum absolute atomic E-state index is 0.108. The van der Waals surface area contributed by atoms with E-state index in [1.54, 1.807) is 17.8 Å². The highest BCUT2D eigenvalue weighted by atomic mass is 32.2. The van der Waals surface area contributed by atoms with E-state index in [-0.39, 0.29) is 18.2 Å². The number of hydrogen-bond acceptors (Lipinski definition) is 6. The summed E-state index contributed by atoms with van der Waals surface area (Å²) in [6.07, 6.45) is 0.718. The smallest absolute Gasteiger partial charge is 0.273 e. The summed E-state index contributed by atoms with van der Waals surface area (Å²) in [5.41, 5.74) is 5.34. The Labute approximate surface area is 111 Å². The van der Waals surface area contributed by atoms with E-state index in [9.17, 15) is 8.42 Å². The fourth-order valence-electron chi connectivity index (χ4n) is 1.20. The lowest BCUT2D eigenvalue weighted by Crippen LogP contribution is -2.25. The standard InChI is InChI=1S/C10H18N2O4S2/c11-8-9-2-3-10(16-9)18(14,15)12-4-7-17-6-1-5-13/h2-3,12-13H,1,4-8,11H2. The quantitative estimate of drug-likeness (QED) is 0.559. The predicted molar refractivity (Wildman–Crippen MR) is 70.8 cm³/mol. The third kappa shape index (κ3) is 4.99. The number of aliphatic hydroxyl groups is 1. The topological polar surface area (TPSA) is 106 Å². The van der Waals surface area contributed by atoms with Gasteiger partial charge in [0, 0.05) is 18.9 Å². The number of thioether (sulfide) groups is 1. The molecule has 1 rings (SSSR count). The molecule has 0 spiro atoms. The second-order valence-corrected chi connectivity index (χ2v) is 6.43. The molecule has 0 fully saturated rings. The minimum atomic E-state index is -3.58. The van der Waals surface area contributed by atoms with Crippen LogP contribution >= 0.6 is 11.8 Å². The van der Waals surface area contributed by atoms with Crippen LogP contribution in [-0.2, 0) is 16.6 Å². The van der Waals surface area contributed by atoms with Crippen molar-refractivity contribution in [1.29, 1.82) is 0 Å². The van der Waals surface area contributed by atoms with Crippen molar-refractivity contribution in [2.45, 2.75) is 18.1 Å². The van der Waals surface area contributed by atoms with Crippen LogP contribution in [-0.4, -0.2) is 38.2 Å². The van der Waals surface area contributed by atoms with E-state index in [0.717, 1.165) is 12.2 Å². The largest absolute Gasteiger partial charge is 0.447 e. The Morgan fingerprint density at radius 2 is 2.17 bits per heavy atom. The van der Waals surface area contributed by atoms with Crippen molar-refractivity contribution in [1.82, 2.24) is 4.72 Å². The summed E-state index contributed by atoms with van der Waals surface area (Å²) >= 11 is 1.59. The molecule has 0 aliphatic heterocycles. The monoisotopic (exact) mass is 294 g/mol. The highest BCUT2D eigenvalue weighted by Gasteiger charge is 2.17. The van der Waals surface area contributed by atoms with Gasteiger partial charge in [0.2, 0.25) is 5.09 Å². The lowest BCUT2D eigenvalue weighted by atomic mass is 10.5. The lowest BCUT2D eigenvalue weighted by Gasteiger charge is -2.03. The molecule has 18 heavy (non-hydrogen) atoms. The zero-order valence-electron chi connectivity index (χ0n) is 9.96. The first-order valence-corrected chi connectivity index (χ1v) is 8.21. The number of sulfonamides is 1. The van der Waals surface area contributed by atoms with Gasteiger partial charge in [0.05, 0.1) is 6.54 Å². The molecule has 104 valence electrons. The van der Waals surface area contributed by atoms with Crippen molar-refractivity contribution in [2.75, 3.05) is 24.7 Å². The second-order valence-electron chi connectivity index (χ2n) is 3.51. The van der Waals surface area contributed by atoms with Crippen molar-refractivity contribution in [3.8, 4) is 0 Å². The van der Waals surface area contributed by atoms with Gasteiger partial charge in [0.15, 0.2) is 0 Å². The van der Waals surface area contributed by atoms with Gasteiger partial charge in [-0.3, -0.25) is 0 Å². The molecule has 8 heteroatoms. The molecule has 0 saturated heterocycles. The van der Waals surface area contributed by atoms with Gasteiger partial charge in [-0.1, -0.05) is 0 Å². The number of rotatable bonds is 9. The molecule has 6 nitrogen and oxygen atoms in total. The first-order valence-electron chi connectivity index (χ1n) is 5.57. The van der Waals surface area contributed by atoms with E-state index in [0.29, 0.717) is 18.1 Å². The van der Waals surface area contributed by atoms with Gasteiger partial charge < -0.3 is 15.3 Å². The Morgan fingerprint density at radius 1 is 1.39 bits per heavy atom. The first kappa shape index (κ1) is 15.5. The molecule has 0 saturated carbocycles. The summed E-state index contributed by atoms with van der Waals surface area (Å²) in [5, 5.41) is 8.47. The maximum atomic E-state index is 11.8. The van der Waals surface area contributed by atoms with Crippen molar-refractivity contribution in [3.63, 3.8) is 0 Å². The van der Waals surface area contributed by atoms with E-state index < -0.39 is 10.0 Å². The minimum Gasteiger partial charge on any atom is -0.447 e. The number of furan rings is 1. The fourth-order valence-corrected chi connectivity index (χ4v) is 3.09. The Bertz CT molecular complexity index is 444. The van der Waals surface area contributed by atoms with Crippen LogP contribution in [0.25, 0.3) is 0 Å². The number of aliphatic hydroxyl groups excluding tert-OH is 1. The number of nitrogens with two attached hydrogens (primary N) is 1. The molecule has 0 radical (unpaired) electrons. The van der Waals surface area contributed by atoms with Crippen molar-refractivity contribution in [2.24, 2.45) is 5.73 Å². The Balaban J connectivity index is 2.36. The van der Waals surface area contributed by atoms with Gasteiger partial charge in [-0.05, 0) is 24.3 Å². The summed E-state index contributed by atoms with van der Waals surface area (Å²) < 4.78 is 31.0. The highest BCUT2D eigenvalue weighted by molar-refractivity contribution is 7.99. The maximum Gasteiger partial charge on any atom is 0.273 e. The average molecular weight is 294 g/mol. The highest BCUT2D eigenvalue weighted by Crippen LogP contribution is 2.13.